The van der Waals surface area contributed by atoms with Crippen molar-refractivity contribution in [2.75, 3.05) is 38.0 Å². The Morgan fingerprint density at radius 1 is 1.19 bits per heavy atom. The molecule has 5 nitrogen and oxygen atoms in total. The monoisotopic (exact) mass is 289 g/mol. The van der Waals surface area contributed by atoms with Crippen LogP contribution in [0.5, 0.6) is 5.75 Å². The van der Waals surface area contributed by atoms with Crippen molar-refractivity contribution in [1.29, 1.82) is 0 Å². The fourth-order valence-electron chi connectivity index (χ4n) is 2.92. The maximum atomic E-state index is 10.3. The maximum absolute atomic E-state index is 10.3. The summed E-state index contributed by atoms with van der Waals surface area (Å²) >= 11 is 0. The molecule has 1 atom stereocenters. The largest absolute Gasteiger partial charge is 0.455 e. The third kappa shape index (κ3) is 3.54. The van der Waals surface area contributed by atoms with Gasteiger partial charge in [-0.15, -0.1) is 0 Å². The topological polar surface area (TPSA) is 44.8 Å². The van der Waals surface area contributed by atoms with Gasteiger partial charge in [-0.1, -0.05) is 12.1 Å². The number of ether oxygens (including phenoxy) is 1. The Labute approximate surface area is 125 Å². The Morgan fingerprint density at radius 2 is 2.00 bits per heavy atom. The van der Waals surface area contributed by atoms with Gasteiger partial charge in [-0.05, 0) is 31.5 Å². The second-order valence-electron chi connectivity index (χ2n) is 5.65. The van der Waals surface area contributed by atoms with E-state index >= 15 is 0 Å². The lowest BCUT2D eigenvalue weighted by molar-refractivity contribution is -0.107. The molecule has 2 aliphatic heterocycles. The summed E-state index contributed by atoms with van der Waals surface area (Å²) in [5.41, 5.74) is 1.08. The Hall–Kier alpha value is -1.59. The van der Waals surface area contributed by atoms with E-state index in [9.17, 15) is 4.79 Å². The van der Waals surface area contributed by atoms with Crippen LogP contribution in [0, 0.1) is 0 Å². The number of rotatable bonds is 6. The van der Waals surface area contributed by atoms with Crippen molar-refractivity contribution >= 4 is 12.0 Å². The van der Waals surface area contributed by atoms with Gasteiger partial charge in [0.1, 0.15) is 12.0 Å². The van der Waals surface area contributed by atoms with Crippen LogP contribution in [0.2, 0.25) is 0 Å². The smallest absolute Gasteiger partial charge is 0.230 e. The van der Waals surface area contributed by atoms with Crippen molar-refractivity contribution in [3.05, 3.63) is 24.3 Å². The van der Waals surface area contributed by atoms with Crippen LogP contribution in [0.15, 0.2) is 24.3 Å². The van der Waals surface area contributed by atoms with Crippen LogP contribution in [0.1, 0.15) is 19.3 Å². The zero-order valence-corrected chi connectivity index (χ0v) is 12.3. The number of carbonyl (C=O) groups is 1. The van der Waals surface area contributed by atoms with Gasteiger partial charge >= 0.3 is 0 Å². The number of benzene rings is 1. The number of fused-ring (bicyclic) bond motifs is 1. The number of anilines is 1. The molecule has 0 amide bonds. The molecule has 1 saturated heterocycles. The third-order valence-electron chi connectivity index (χ3n) is 4.19. The number of unbranched alkanes of at least 4 members (excludes halogenated alkanes) is 2. The second kappa shape index (κ2) is 6.91. The van der Waals surface area contributed by atoms with E-state index in [1.807, 2.05) is 18.2 Å². The quantitative estimate of drug-likeness (QED) is 0.638. The minimum absolute atomic E-state index is 0.0281. The molecule has 2 heterocycles. The molecule has 3 rings (SSSR count). The number of nitrogens with zero attached hydrogens (tertiary/aromatic N) is 2. The number of carbonyl (C=O) groups excluding carboxylic acids is 1. The normalized spacial score (nSPS) is 22.4. The van der Waals surface area contributed by atoms with Gasteiger partial charge < -0.3 is 19.7 Å². The van der Waals surface area contributed by atoms with Crippen LogP contribution in [0.3, 0.4) is 0 Å². The number of aldehydes is 1. The SMILES string of the molecule is O=CCCCCN1CCN(C2Nc3ccccc3O2)CC1. The number of nitrogens with one attached hydrogen (secondary N) is 1. The van der Waals surface area contributed by atoms with E-state index in [2.05, 4.69) is 21.2 Å². The molecule has 0 spiro atoms. The number of para-hydroxylation sites is 2. The van der Waals surface area contributed by atoms with E-state index < -0.39 is 0 Å². The van der Waals surface area contributed by atoms with Crippen molar-refractivity contribution in [2.24, 2.45) is 0 Å². The first-order valence-electron chi connectivity index (χ1n) is 7.79. The summed E-state index contributed by atoms with van der Waals surface area (Å²) in [4.78, 5) is 15.1. The standard InChI is InChI=1S/C16H23N3O2/c20-13-5-1-4-8-18-9-11-19(12-10-18)16-17-14-6-2-3-7-15(14)21-16/h2-3,6-7,13,16-17H,1,4-5,8-12H2. The molecule has 1 aromatic rings. The molecule has 0 bridgehead atoms. The third-order valence-corrected chi connectivity index (χ3v) is 4.19. The molecule has 114 valence electrons. The predicted molar refractivity (Wildman–Crippen MR) is 82.4 cm³/mol. The summed E-state index contributed by atoms with van der Waals surface area (Å²) in [6.07, 6.45) is 3.80. The molecular weight excluding hydrogens is 266 g/mol. The number of piperazine rings is 1. The van der Waals surface area contributed by atoms with Gasteiger partial charge in [0.15, 0.2) is 0 Å². The summed E-state index contributed by atoms with van der Waals surface area (Å²) in [6, 6.07) is 8.08. The molecular formula is C16H23N3O2. The summed E-state index contributed by atoms with van der Waals surface area (Å²) in [7, 11) is 0. The van der Waals surface area contributed by atoms with Gasteiger partial charge in [0, 0.05) is 32.6 Å². The zero-order valence-electron chi connectivity index (χ0n) is 12.3. The van der Waals surface area contributed by atoms with Gasteiger partial charge in [0.2, 0.25) is 6.35 Å². The van der Waals surface area contributed by atoms with Crippen molar-refractivity contribution in [3.63, 3.8) is 0 Å². The Kier molecular flexibility index (Phi) is 4.72. The van der Waals surface area contributed by atoms with Gasteiger partial charge in [-0.3, -0.25) is 0 Å². The second-order valence-corrected chi connectivity index (χ2v) is 5.65. The first-order chi connectivity index (χ1) is 10.4. The lowest BCUT2D eigenvalue weighted by atomic mass is 10.2. The van der Waals surface area contributed by atoms with Crippen molar-refractivity contribution < 1.29 is 9.53 Å². The van der Waals surface area contributed by atoms with E-state index in [-0.39, 0.29) is 6.35 Å². The van der Waals surface area contributed by atoms with Crippen LogP contribution in [0.4, 0.5) is 5.69 Å². The van der Waals surface area contributed by atoms with E-state index in [0.29, 0.717) is 6.42 Å². The summed E-state index contributed by atoms with van der Waals surface area (Å²) in [5.74, 6) is 0.943. The molecule has 0 saturated carbocycles. The molecule has 1 aromatic carbocycles. The zero-order chi connectivity index (χ0) is 14.5. The molecule has 0 aromatic heterocycles. The van der Waals surface area contributed by atoms with Crippen molar-refractivity contribution in [1.82, 2.24) is 9.80 Å². The first-order valence-corrected chi connectivity index (χ1v) is 7.79. The van der Waals surface area contributed by atoms with Gasteiger partial charge in [-0.25, -0.2) is 4.90 Å². The van der Waals surface area contributed by atoms with Crippen molar-refractivity contribution in [3.8, 4) is 5.75 Å². The van der Waals surface area contributed by atoms with E-state index in [1.165, 1.54) is 0 Å². The molecule has 1 fully saturated rings. The minimum atomic E-state index is -0.0281. The maximum Gasteiger partial charge on any atom is 0.230 e. The minimum Gasteiger partial charge on any atom is -0.455 e. The Balaban J connectivity index is 1.42. The highest BCUT2D eigenvalue weighted by atomic mass is 16.5. The highest BCUT2D eigenvalue weighted by Crippen LogP contribution is 2.32. The van der Waals surface area contributed by atoms with Crippen LogP contribution in [0.25, 0.3) is 0 Å². The van der Waals surface area contributed by atoms with Gasteiger partial charge in [0.25, 0.3) is 0 Å². The van der Waals surface area contributed by atoms with E-state index in [0.717, 1.165) is 63.3 Å². The number of hydrogen-bond donors (Lipinski definition) is 1. The van der Waals surface area contributed by atoms with E-state index in [1.54, 1.807) is 0 Å². The van der Waals surface area contributed by atoms with Crippen molar-refractivity contribution in [2.45, 2.75) is 25.6 Å². The molecule has 0 aliphatic carbocycles. The van der Waals surface area contributed by atoms with E-state index in [4.69, 9.17) is 4.74 Å². The fraction of sp³-hybridized carbons (Fsp3) is 0.562. The lowest BCUT2D eigenvalue weighted by Crippen LogP contribution is -2.53. The van der Waals surface area contributed by atoms with Crippen LogP contribution in [-0.2, 0) is 4.79 Å². The predicted octanol–water partition coefficient (Wildman–Crippen LogP) is 1.76. The Morgan fingerprint density at radius 3 is 2.76 bits per heavy atom. The van der Waals surface area contributed by atoms with Crippen LogP contribution < -0.4 is 10.1 Å². The first kappa shape index (κ1) is 14.4. The van der Waals surface area contributed by atoms with Crippen LogP contribution in [-0.4, -0.2) is 55.2 Å². The van der Waals surface area contributed by atoms with Crippen LogP contribution >= 0.6 is 0 Å². The summed E-state index contributed by atoms with van der Waals surface area (Å²) in [5, 5.41) is 3.43. The summed E-state index contributed by atoms with van der Waals surface area (Å²) < 4.78 is 5.95. The highest BCUT2D eigenvalue weighted by molar-refractivity contribution is 5.59. The average molecular weight is 289 g/mol. The molecule has 1 N–H and O–H groups in total. The number of hydrogen-bond acceptors (Lipinski definition) is 5. The fourth-order valence-corrected chi connectivity index (χ4v) is 2.92. The summed E-state index contributed by atoms with van der Waals surface area (Å²) in [6.45, 7) is 5.26. The average Bonchev–Trinajstić information content (AvgIpc) is 2.96. The Bertz CT molecular complexity index is 447. The highest BCUT2D eigenvalue weighted by Gasteiger charge is 2.29. The molecule has 0 radical (unpaired) electrons. The molecule has 2 aliphatic rings. The van der Waals surface area contributed by atoms with Gasteiger partial charge in [-0.2, -0.15) is 0 Å². The van der Waals surface area contributed by atoms with Gasteiger partial charge in [0.05, 0.1) is 5.69 Å². The molecule has 1 unspecified atom stereocenters. The molecule has 5 heteroatoms. The lowest BCUT2D eigenvalue weighted by Gasteiger charge is -2.37. The molecule has 21 heavy (non-hydrogen) atoms.